The van der Waals surface area contributed by atoms with Gasteiger partial charge in [-0.05, 0) is 48.5 Å². The highest BCUT2D eigenvalue weighted by molar-refractivity contribution is 5.76. The molecule has 0 bridgehead atoms. The molecule has 0 fully saturated rings. The molecule has 34 heavy (non-hydrogen) atoms. The number of para-hydroxylation sites is 2. The Bertz CT molecular complexity index is 1430. The maximum Gasteiger partial charge on any atom is 0.295 e. The topological polar surface area (TPSA) is 91.4 Å². The lowest BCUT2D eigenvalue weighted by atomic mass is 10.3. The minimum Gasteiger partial charge on any atom is -0.491 e. The van der Waals surface area contributed by atoms with E-state index in [9.17, 15) is 9.90 Å². The Kier molecular flexibility index (Phi) is 6.05. The van der Waals surface area contributed by atoms with E-state index in [1.807, 2.05) is 60.7 Å². The van der Waals surface area contributed by atoms with Crippen molar-refractivity contribution in [3.8, 4) is 22.9 Å². The van der Waals surface area contributed by atoms with E-state index in [4.69, 9.17) is 9.47 Å². The van der Waals surface area contributed by atoms with Crippen LogP contribution in [0.4, 0.5) is 0 Å². The van der Waals surface area contributed by atoms with Gasteiger partial charge in [0.25, 0.3) is 5.56 Å². The molecule has 0 radical (unpaired) electrons. The molecule has 2 aromatic heterocycles. The van der Waals surface area contributed by atoms with Crippen LogP contribution in [0, 0.1) is 0 Å². The molecule has 0 aliphatic rings. The summed E-state index contributed by atoms with van der Waals surface area (Å²) >= 11 is 0. The lowest BCUT2D eigenvalue weighted by Crippen LogP contribution is -2.31. The van der Waals surface area contributed by atoms with Gasteiger partial charge in [-0.2, -0.15) is 10.2 Å². The van der Waals surface area contributed by atoms with Crippen LogP contribution in [0.2, 0.25) is 0 Å². The zero-order valence-corrected chi connectivity index (χ0v) is 18.2. The van der Waals surface area contributed by atoms with Gasteiger partial charge in [-0.15, -0.1) is 0 Å². The van der Waals surface area contributed by atoms with Gasteiger partial charge in [0, 0.05) is 11.6 Å². The van der Waals surface area contributed by atoms with Gasteiger partial charge in [-0.3, -0.25) is 4.79 Å². The highest BCUT2D eigenvalue weighted by Crippen LogP contribution is 2.23. The van der Waals surface area contributed by atoms with Gasteiger partial charge in [0.2, 0.25) is 0 Å². The first kappa shape index (κ1) is 21.4. The second-order valence-electron chi connectivity index (χ2n) is 7.70. The smallest absolute Gasteiger partial charge is 0.295 e. The van der Waals surface area contributed by atoms with Gasteiger partial charge < -0.3 is 14.6 Å². The Morgan fingerprint density at radius 1 is 0.853 bits per heavy atom. The number of nitrogens with zero attached hydrogens (tertiary/aromatic N) is 4. The fourth-order valence-electron chi connectivity index (χ4n) is 3.47. The fourth-order valence-corrected chi connectivity index (χ4v) is 3.47. The number of aliphatic hydroxyl groups excluding tert-OH is 1. The molecular weight excluding hydrogens is 432 g/mol. The molecule has 5 rings (SSSR count). The first-order chi connectivity index (χ1) is 16.7. The van der Waals surface area contributed by atoms with Crippen molar-refractivity contribution in [2.75, 3.05) is 6.61 Å². The third kappa shape index (κ3) is 4.82. The van der Waals surface area contributed by atoms with E-state index in [0.29, 0.717) is 22.4 Å². The molecule has 0 saturated carbocycles. The van der Waals surface area contributed by atoms with Gasteiger partial charge in [0.1, 0.15) is 30.0 Å². The largest absolute Gasteiger partial charge is 0.491 e. The lowest BCUT2D eigenvalue weighted by molar-refractivity contribution is 0.0881. The second kappa shape index (κ2) is 9.60. The number of hydrogen-bond donors (Lipinski definition) is 1. The van der Waals surface area contributed by atoms with Crippen LogP contribution in [-0.4, -0.2) is 37.4 Å². The van der Waals surface area contributed by atoms with Gasteiger partial charge in [0.05, 0.1) is 18.4 Å². The molecule has 8 heteroatoms. The molecule has 2 heterocycles. The molecule has 0 aliphatic carbocycles. The summed E-state index contributed by atoms with van der Waals surface area (Å²) in [4.78, 5) is 12.8. The Labute approximate surface area is 195 Å². The van der Waals surface area contributed by atoms with E-state index in [1.54, 1.807) is 41.3 Å². The average Bonchev–Trinajstić information content (AvgIpc) is 3.32. The van der Waals surface area contributed by atoms with Crippen molar-refractivity contribution < 1.29 is 14.6 Å². The molecular formula is C26H22N4O4. The predicted molar refractivity (Wildman–Crippen MR) is 128 cm³/mol. The summed E-state index contributed by atoms with van der Waals surface area (Å²) < 4.78 is 14.3. The quantitative estimate of drug-likeness (QED) is 0.383. The lowest BCUT2D eigenvalue weighted by Gasteiger charge is -2.13. The zero-order valence-electron chi connectivity index (χ0n) is 18.2. The van der Waals surface area contributed by atoms with Crippen LogP contribution in [0.5, 0.6) is 17.2 Å². The third-order valence-electron chi connectivity index (χ3n) is 5.17. The van der Waals surface area contributed by atoms with E-state index in [-0.39, 0.29) is 18.7 Å². The first-order valence-corrected chi connectivity index (χ1v) is 10.8. The van der Waals surface area contributed by atoms with Crippen LogP contribution in [-0.2, 0) is 6.54 Å². The predicted octanol–water partition coefficient (Wildman–Crippen LogP) is 3.81. The summed E-state index contributed by atoms with van der Waals surface area (Å²) in [6.45, 7) is -0.00826. The number of fused-ring (bicyclic) bond motifs is 1. The normalized spacial score (nSPS) is 11.9. The van der Waals surface area contributed by atoms with E-state index in [2.05, 4.69) is 10.2 Å². The summed E-state index contributed by atoms with van der Waals surface area (Å²) in [5.74, 6) is 2.00. The fraction of sp³-hybridized carbons (Fsp3) is 0.115. The van der Waals surface area contributed by atoms with Gasteiger partial charge in [0.15, 0.2) is 5.52 Å². The molecule has 1 unspecified atom stereocenters. The monoisotopic (exact) mass is 454 g/mol. The van der Waals surface area contributed by atoms with Crippen LogP contribution < -0.4 is 15.0 Å². The molecule has 0 spiro atoms. The molecule has 1 N–H and O–H groups in total. The van der Waals surface area contributed by atoms with E-state index in [1.165, 1.54) is 4.68 Å². The Balaban J connectivity index is 1.21. The Hall–Kier alpha value is -4.43. The molecule has 5 aromatic rings. The minimum absolute atomic E-state index is 0.00347. The average molecular weight is 454 g/mol. The van der Waals surface area contributed by atoms with Crippen molar-refractivity contribution in [3.63, 3.8) is 0 Å². The van der Waals surface area contributed by atoms with Gasteiger partial charge >= 0.3 is 0 Å². The molecule has 1 atom stereocenters. The molecule has 0 saturated heterocycles. The summed E-state index contributed by atoms with van der Waals surface area (Å²) in [6.07, 6.45) is 2.40. The summed E-state index contributed by atoms with van der Waals surface area (Å²) in [5, 5.41) is 19.6. The van der Waals surface area contributed by atoms with Crippen molar-refractivity contribution in [2.45, 2.75) is 12.6 Å². The van der Waals surface area contributed by atoms with E-state index in [0.717, 1.165) is 11.4 Å². The maximum absolute atomic E-state index is 12.8. The zero-order chi connectivity index (χ0) is 23.3. The highest BCUT2D eigenvalue weighted by Gasteiger charge is 2.13. The number of ether oxygens (including phenoxy) is 2. The molecule has 0 amide bonds. The number of aromatic nitrogens is 4. The molecule has 0 aliphatic heterocycles. The van der Waals surface area contributed by atoms with Crippen LogP contribution in [0.25, 0.3) is 16.6 Å². The standard InChI is InChI=1S/C26H22N4O4/c31-21(18-33-22-11-13-24(14-12-22)34-23-9-5-2-6-10-23)17-30-26(32)25-19(15-27-30)16-29(28-25)20-7-3-1-4-8-20/h1-16,21,31H,17-18H2. The summed E-state index contributed by atoms with van der Waals surface area (Å²) in [7, 11) is 0. The summed E-state index contributed by atoms with van der Waals surface area (Å²) in [6, 6.07) is 26.1. The molecule has 8 nitrogen and oxygen atoms in total. The maximum atomic E-state index is 12.8. The SMILES string of the molecule is O=c1c2nn(-c3ccccc3)cc2cnn1CC(O)COc1ccc(Oc2ccccc2)cc1. The molecule has 3 aromatic carbocycles. The van der Waals surface area contributed by atoms with Crippen LogP contribution in [0.15, 0.2) is 102 Å². The number of benzene rings is 3. The van der Waals surface area contributed by atoms with Crippen molar-refractivity contribution >= 4 is 10.9 Å². The third-order valence-corrected chi connectivity index (χ3v) is 5.17. The minimum atomic E-state index is -0.931. The van der Waals surface area contributed by atoms with Gasteiger partial charge in [-0.25, -0.2) is 9.36 Å². The summed E-state index contributed by atoms with van der Waals surface area (Å²) in [5.41, 5.74) is 0.771. The van der Waals surface area contributed by atoms with Crippen molar-refractivity contribution in [2.24, 2.45) is 0 Å². The number of aliphatic hydroxyl groups is 1. The van der Waals surface area contributed by atoms with Crippen LogP contribution in [0.1, 0.15) is 0 Å². The van der Waals surface area contributed by atoms with Crippen molar-refractivity contribution in [1.29, 1.82) is 0 Å². The Morgan fingerprint density at radius 2 is 1.50 bits per heavy atom. The van der Waals surface area contributed by atoms with Crippen molar-refractivity contribution in [3.05, 3.63) is 108 Å². The Morgan fingerprint density at radius 3 is 2.24 bits per heavy atom. The van der Waals surface area contributed by atoms with Gasteiger partial charge in [-0.1, -0.05) is 36.4 Å². The molecule has 170 valence electrons. The van der Waals surface area contributed by atoms with Crippen molar-refractivity contribution in [1.82, 2.24) is 19.6 Å². The first-order valence-electron chi connectivity index (χ1n) is 10.8. The number of rotatable bonds is 8. The second-order valence-corrected chi connectivity index (χ2v) is 7.70. The van der Waals surface area contributed by atoms with Crippen LogP contribution in [0.3, 0.4) is 0 Å². The van der Waals surface area contributed by atoms with Crippen LogP contribution >= 0.6 is 0 Å². The van der Waals surface area contributed by atoms with E-state index < -0.39 is 6.10 Å². The number of hydrogen-bond acceptors (Lipinski definition) is 6. The highest BCUT2D eigenvalue weighted by atomic mass is 16.5. The van der Waals surface area contributed by atoms with E-state index >= 15 is 0 Å².